The Labute approximate surface area is 159 Å². The van der Waals surface area contributed by atoms with Crippen molar-refractivity contribution >= 4 is 40.7 Å². The number of carbonyl (C=O) groups is 3. The van der Waals surface area contributed by atoms with Crippen LogP contribution in [0.15, 0.2) is 29.6 Å². The van der Waals surface area contributed by atoms with Gasteiger partial charge in [-0.2, -0.15) is 0 Å². The molecule has 0 atom stereocenters. The first kappa shape index (κ1) is 19.9. The molecule has 1 aromatic carbocycles. The van der Waals surface area contributed by atoms with E-state index in [4.69, 9.17) is 16.3 Å². The lowest BCUT2D eigenvalue weighted by Gasteiger charge is -2.09. The van der Waals surface area contributed by atoms with Crippen molar-refractivity contribution in [1.29, 1.82) is 0 Å². The van der Waals surface area contributed by atoms with Gasteiger partial charge in [0.1, 0.15) is 5.01 Å². The summed E-state index contributed by atoms with van der Waals surface area (Å²) in [6, 6.07) is 7.08. The molecule has 2 amide bonds. The van der Waals surface area contributed by atoms with Crippen LogP contribution in [0, 0.1) is 0 Å². The normalized spacial score (nSPS) is 10.5. The second kappa shape index (κ2) is 9.30. The molecule has 0 aliphatic rings. The van der Waals surface area contributed by atoms with Crippen molar-refractivity contribution in [3.05, 3.63) is 40.4 Å². The number of rotatable bonds is 7. The van der Waals surface area contributed by atoms with Crippen LogP contribution >= 0.6 is 22.9 Å². The number of amides is 2. The van der Waals surface area contributed by atoms with Gasteiger partial charge in [-0.1, -0.05) is 23.7 Å². The first-order valence-corrected chi connectivity index (χ1v) is 9.05. The molecule has 2 rings (SSSR count). The molecule has 0 saturated carbocycles. The summed E-state index contributed by atoms with van der Waals surface area (Å²) in [4.78, 5) is 39.2. The minimum Gasteiger partial charge on any atom is -0.451 e. The van der Waals surface area contributed by atoms with Crippen molar-refractivity contribution in [2.24, 2.45) is 0 Å². The van der Waals surface area contributed by atoms with E-state index in [0.29, 0.717) is 10.0 Å². The highest BCUT2D eigenvalue weighted by Gasteiger charge is 2.15. The van der Waals surface area contributed by atoms with Gasteiger partial charge in [0.05, 0.1) is 6.54 Å². The zero-order valence-electron chi connectivity index (χ0n) is 14.2. The first-order chi connectivity index (χ1) is 12.3. The van der Waals surface area contributed by atoms with E-state index in [9.17, 15) is 14.4 Å². The summed E-state index contributed by atoms with van der Waals surface area (Å²) in [5.41, 5.74) is 0.894. The molecule has 7 nitrogen and oxygen atoms in total. The van der Waals surface area contributed by atoms with Gasteiger partial charge in [-0.15, -0.1) is 11.3 Å². The fourth-order valence-electron chi connectivity index (χ4n) is 1.93. The second-order valence-electron chi connectivity index (χ2n) is 5.62. The van der Waals surface area contributed by atoms with E-state index in [1.54, 1.807) is 23.6 Å². The van der Waals surface area contributed by atoms with Gasteiger partial charge >= 0.3 is 5.97 Å². The molecule has 1 aromatic heterocycles. The van der Waals surface area contributed by atoms with Crippen molar-refractivity contribution < 1.29 is 19.1 Å². The molecule has 0 spiro atoms. The van der Waals surface area contributed by atoms with Crippen molar-refractivity contribution in [3.63, 3.8) is 0 Å². The van der Waals surface area contributed by atoms with Crippen LogP contribution in [-0.2, 0) is 14.3 Å². The number of benzene rings is 1. The molecule has 0 saturated heterocycles. The van der Waals surface area contributed by atoms with Gasteiger partial charge in [0.2, 0.25) is 5.91 Å². The number of carbonyl (C=O) groups excluding carboxylic acids is 3. The lowest BCUT2D eigenvalue weighted by atomic mass is 10.2. The Morgan fingerprint density at radius 3 is 2.73 bits per heavy atom. The molecule has 0 aliphatic heterocycles. The molecule has 0 radical (unpaired) electrons. The summed E-state index contributed by atoms with van der Waals surface area (Å²) >= 11 is 7.21. The van der Waals surface area contributed by atoms with Gasteiger partial charge in [0.25, 0.3) is 5.91 Å². The molecule has 0 bridgehead atoms. The highest BCUT2D eigenvalue weighted by molar-refractivity contribution is 7.13. The van der Waals surface area contributed by atoms with E-state index in [0.717, 1.165) is 5.56 Å². The smallest absolute Gasteiger partial charge is 0.358 e. The van der Waals surface area contributed by atoms with Crippen molar-refractivity contribution in [2.45, 2.75) is 19.9 Å². The maximum absolute atomic E-state index is 12.0. The highest BCUT2D eigenvalue weighted by atomic mass is 35.5. The highest BCUT2D eigenvalue weighted by Crippen LogP contribution is 2.26. The number of halogens is 1. The first-order valence-electron chi connectivity index (χ1n) is 7.80. The fourth-order valence-corrected chi connectivity index (χ4v) is 2.91. The SMILES string of the molecule is CC(C)NC(=O)CNC(=O)COC(=O)c1csc(-c2cccc(Cl)c2)n1. The van der Waals surface area contributed by atoms with Gasteiger partial charge < -0.3 is 15.4 Å². The van der Waals surface area contributed by atoms with Crippen molar-refractivity contribution in [3.8, 4) is 10.6 Å². The Morgan fingerprint density at radius 2 is 2.04 bits per heavy atom. The summed E-state index contributed by atoms with van der Waals surface area (Å²) in [5, 5.41) is 7.74. The summed E-state index contributed by atoms with van der Waals surface area (Å²) in [7, 11) is 0. The summed E-state index contributed by atoms with van der Waals surface area (Å²) in [6.07, 6.45) is 0. The van der Waals surface area contributed by atoms with Gasteiger partial charge in [-0.05, 0) is 26.0 Å². The summed E-state index contributed by atoms with van der Waals surface area (Å²) < 4.78 is 4.91. The maximum Gasteiger partial charge on any atom is 0.358 e. The van der Waals surface area contributed by atoms with Crippen LogP contribution in [0.4, 0.5) is 0 Å². The third kappa shape index (κ3) is 6.12. The minimum atomic E-state index is -0.712. The number of hydrogen-bond acceptors (Lipinski definition) is 6. The Kier molecular flexibility index (Phi) is 7.11. The molecule has 0 aliphatic carbocycles. The lowest BCUT2D eigenvalue weighted by Crippen LogP contribution is -2.41. The molecule has 1 heterocycles. The van der Waals surface area contributed by atoms with Gasteiger partial charge in [0, 0.05) is 22.0 Å². The van der Waals surface area contributed by atoms with E-state index >= 15 is 0 Å². The molecule has 0 unspecified atom stereocenters. The number of aromatic nitrogens is 1. The average Bonchev–Trinajstić information content (AvgIpc) is 3.07. The Balaban J connectivity index is 1.83. The quantitative estimate of drug-likeness (QED) is 0.701. The molecular weight excluding hydrogens is 378 g/mol. The monoisotopic (exact) mass is 395 g/mol. The van der Waals surface area contributed by atoms with Gasteiger partial charge in [0.15, 0.2) is 12.3 Å². The summed E-state index contributed by atoms with van der Waals surface area (Å²) in [6.45, 7) is 2.96. The minimum absolute atomic E-state index is 0.0180. The fraction of sp³-hybridized carbons (Fsp3) is 0.294. The van der Waals surface area contributed by atoms with Crippen molar-refractivity contribution in [2.75, 3.05) is 13.2 Å². The van der Waals surface area contributed by atoms with Crippen LogP contribution in [0.25, 0.3) is 10.6 Å². The summed E-state index contributed by atoms with van der Waals surface area (Å²) in [5.74, 6) is -1.59. The number of nitrogens with zero attached hydrogens (tertiary/aromatic N) is 1. The predicted molar refractivity (Wildman–Crippen MR) is 99.1 cm³/mol. The molecule has 2 aromatic rings. The standard InChI is InChI=1S/C17H18ClN3O4S/c1-10(2)20-14(22)7-19-15(23)8-25-17(24)13-9-26-16(21-13)11-4-3-5-12(18)6-11/h3-6,9-10H,7-8H2,1-2H3,(H,19,23)(H,20,22). The predicted octanol–water partition coefficient (Wildman–Crippen LogP) is 2.26. The third-order valence-electron chi connectivity index (χ3n) is 3.02. The molecule has 26 heavy (non-hydrogen) atoms. The van der Waals surface area contributed by atoms with Crippen molar-refractivity contribution in [1.82, 2.24) is 15.6 Å². The van der Waals surface area contributed by atoms with Crippen LogP contribution < -0.4 is 10.6 Å². The Hall–Kier alpha value is -2.45. The Morgan fingerprint density at radius 1 is 1.27 bits per heavy atom. The van der Waals surface area contributed by atoms with Gasteiger partial charge in [-0.25, -0.2) is 9.78 Å². The molecule has 0 fully saturated rings. The van der Waals surface area contributed by atoms with Crippen LogP contribution in [0.3, 0.4) is 0 Å². The third-order valence-corrected chi connectivity index (χ3v) is 4.14. The Bertz CT molecular complexity index is 807. The molecule has 9 heteroatoms. The topological polar surface area (TPSA) is 97.4 Å². The number of nitrogens with one attached hydrogen (secondary N) is 2. The molecule has 138 valence electrons. The number of esters is 1. The van der Waals surface area contributed by atoms with E-state index in [-0.39, 0.29) is 24.2 Å². The zero-order chi connectivity index (χ0) is 19.1. The van der Waals surface area contributed by atoms with E-state index < -0.39 is 18.5 Å². The van der Waals surface area contributed by atoms with E-state index in [1.807, 2.05) is 19.9 Å². The van der Waals surface area contributed by atoms with E-state index in [2.05, 4.69) is 15.6 Å². The number of ether oxygens (including phenoxy) is 1. The van der Waals surface area contributed by atoms with Crippen LogP contribution in [0.2, 0.25) is 5.02 Å². The average molecular weight is 396 g/mol. The molecular formula is C17H18ClN3O4S. The largest absolute Gasteiger partial charge is 0.451 e. The van der Waals surface area contributed by atoms with Crippen LogP contribution in [-0.4, -0.2) is 42.0 Å². The molecule has 2 N–H and O–H groups in total. The second-order valence-corrected chi connectivity index (χ2v) is 6.92. The van der Waals surface area contributed by atoms with Crippen LogP contribution in [0.5, 0.6) is 0 Å². The van der Waals surface area contributed by atoms with E-state index in [1.165, 1.54) is 11.3 Å². The number of hydrogen-bond donors (Lipinski definition) is 2. The maximum atomic E-state index is 12.0. The number of thiazole rings is 1. The van der Waals surface area contributed by atoms with Gasteiger partial charge in [-0.3, -0.25) is 9.59 Å². The lowest BCUT2D eigenvalue weighted by molar-refractivity contribution is -0.128. The zero-order valence-corrected chi connectivity index (χ0v) is 15.8. The van der Waals surface area contributed by atoms with Crippen LogP contribution in [0.1, 0.15) is 24.3 Å².